The van der Waals surface area contributed by atoms with Gasteiger partial charge in [0.1, 0.15) is 0 Å². The molecule has 0 amide bonds. The smallest absolute Gasteiger partial charge is 0.243 e. The summed E-state index contributed by atoms with van der Waals surface area (Å²) < 4.78 is 7.42. The number of hydrogen-bond donors (Lipinski definition) is 1. The third-order valence-corrected chi connectivity index (χ3v) is 4.51. The van der Waals surface area contributed by atoms with Gasteiger partial charge >= 0.3 is 0 Å². The zero-order valence-corrected chi connectivity index (χ0v) is 16.4. The Bertz CT molecular complexity index is 873. The first-order valence-electron chi connectivity index (χ1n) is 8.95. The van der Waals surface area contributed by atoms with Crippen LogP contribution in [-0.2, 0) is 12.0 Å². The number of nitrogens with one attached hydrogen (secondary N) is 1. The zero-order chi connectivity index (χ0) is 18.9. The number of rotatable bonds is 5. The lowest BCUT2D eigenvalue weighted by molar-refractivity contribution is 0.330. The summed E-state index contributed by atoms with van der Waals surface area (Å²) in [5.74, 6) is 1.34. The van der Waals surface area contributed by atoms with Gasteiger partial charge in [0.25, 0.3) is 0 Å². The summed E-state index contributed by atoms with van der Waals surface area (Å²) in [5, 5.41) is 12.3. The third-order valence-electron chi connectivity index (χ3n) is 4.51. The molecule has 3 rings (SSSR count). The lowest BCUT2D eigenvalue weighted by Crippen LogP contribution is -2.20. The van der Waals surface area contributed by atoms with Crippen molar-refractivity contribution in [3.8, 4) is 5.69 Å². The Hall–Kier alpha value is -2.47. The maximum absolute atomic E-state index is 5.43. The number of para-hydroxylation sites is 1. The van der Waals surface area contributed by atoms with Crippen molar-refractivity contribution in [2.24, 2.45) is 0 Å². The average molecular weight is 353 g/mol. The molecule has 26 heavy (non-hydrogen) atoms. The molecule has 0 radical (unpaired) electrons. The van der Waals surface area contributed by atoms with Crippen LogP contribution in [0.1, 0.15) is 62.4 Å². The minimum Gasteiger partial charge on any atom is -0.338 e. The van der Waals surface area contributed by atoms with Gasteiger partial charge in [0.2, 0.25) is 5.89 Å². The van der Waals surface area contributed by atoms with Crippen LogP contribution in [0.15, 0.2) is 34.9 Å². The van der Waals surface area contributed by atoms with Crippen LogP contribution in [0.3, 0.4) is 0 Å². The molecule has 0 saturated carbocycles. The van der Waals surface area contributed by atoms with E-state index in [1.54, 1.807) is 0 Å². The van der Waals surface area contributed by atoms with E-state index in [4.69, 9.17) is 9.62 Å². The minimum atomic E-state index is -0.120. The molecule has 2 aromatic heterocycles. The van der Waals surface area contributed by atoms with Crippen LogP contribution in [0, 0.1) is 13.8 Å². The largest absolute Gasteiger partial charge is 0.338 e. The molecule has 0 aliphatic heterocycles. The van der Waals surface area contributed by atoms with Gasteiger partial charge in [0.05, 0.1) is 17.4 Å². The summed E-state index contributed by atoms with van der Waals surface area (Å²) >= 11 is 0. The Morgan fingerprint density at radius 3 is 2.46 bits per heavy atom. The van der Waals surface area contributed by atoms with Gasteiger partial charge in [-0.05, 0) is 32.9 Å². The van der Waals surface area contributed by atoms with Crippen molar-refractivity contribution < 1.29 is 4.52 Å². The van der Waals surface area contributed by atoms with Crippen molar-refractivity contribution in [1.29, 1.82) is 0 Å². The summed E-state index contributed by atoms with van der Waals surface area (Å²) in [6.45, 7) is 13.1. The Labute approximate surface area is 154 Å². The molecule has 1 N–H and O–H groups in total. The molecule has 138 valence electrons. The van der Waals surface area contributed by atoms with Gasteiger partial charge in [-0.15, -0.1) is 0 Å². The number of hydrogen-bond acceptors (Lipinski definition) is 5. The first-order valence-corrected chi connectivity index (χ1v) is 8.95. The van der Waals surface area contributed by atoms with Gasteiger partial charge in [0.15, 0.2) is 5.82 Å². The normalized spacial score (nSPS) is 13.2. The highest BCUT2D eigenvalue weighted by molar-refractivity contribution is 5.36. The standard InChI is InChI=1S/C20H27N5O/c1-13-17(15(3)25(23-13)16-10-8-7-9-11-16)12-21-14(2)18-22-19(24-26-18)20(4,5)6/h7-11,14,21H,12H2,1-6H3. The number of aryl methyl sites for hydroxylation is 1. The molecule has 2 heterocycles. The zero-order valence-electron chi connectivity index (χ0n) is 16.4. The Balaban J connectivity index is 1.74. The van der Waals surface area contributed by atoms with Crippen LogP contribution in [0.4, 0.5) is 0 Å². The molecule has 0 bridgehead atoms. The summed E-state index contributed by atoms with van der Waals surface area (Å²) in [4.78, 5) is 4.53. The van der Waals surface area contributed by atoms with Gasteiger partial charge in [-0.2, -0.15) is 10.1 Å². The monoisotopic (exact) mass is 353 g/mol. The maximum atomic E-state index is 5.43. The van der Waals surface area contributed by atoms with E-state index in [0.29, 0.717) is 12.4 Å². The number of nitrogens with zero attached hydrogens (tertiary/aromatic N) is 4. The topological polar surface area (TPSA) is 68.8 Å². The Morgan fingerprint density at radius 1 is 1.15 bits per heavy atom. The molecule has 6 nitrogen and oxygen atoms in total. The van der Waals surface area contributed by atoms with Crippen LogP contribution in [-0.4, -0.2) is 19.9 Å². The summed E-state index contributed by atoms with van der Waals surface area (Å²) in [5.41, 5.74) is 4.29. The second-order valence-electron chi connectivity index (χ2n) is 7.71. The molecule has 0 aliphatic rings. The van der Waals surface area contributed by atoms with E-state index in [2.05, 4.69) is 55.3 Å². The van der Waals surface area contributed by atoms with Gasteiger partial charge in [-0.25, -0.2) is 4.68 Å². The van der Waals surface area contributed by atoms with E-state index < -0.39 is 0 Å². The molecule has 3 aromatic rings. The van der Waals surface area contributed by atoms with Crippen molar-refractivity contribution in [1.82, 2.24) is 25.2 Å². The fourth-order valence-corrected chi connectivity index (χ4v) is 2.81. The van der Waals surface area contributed by atoms with E-state index in [-0.39, 0.29) is 11.5 Å². The minimum absolute atomic E-state index is 0.0301. The van der Waals surface area contributed by atoms with Crippen molar-refractivity contribution in [2.45, 2.75) is 59.5 Å². The SMILES string of the molecule is Cc1nn(-c2ccccc2)c(C)c1CNC(C)c1nc(C(C)(C)C)no1. The second kappa shape index (κ2) is 7.03. The first-order chi connectivity index (χ1) is 12.3. The molecule has 1 atom stereocenters. The van der Waals surface area contributed by atoms with Gasteiger partial charge in [-0.1, -0.05) is 44.1 Å². The highest BCUT2D eigenvalue weighted by atomic mass is 16.5. The summed E-state index contributed by atoms with van der Waals surface area (Å²) in [6, 6.07) is 10.1. The average Bonchev–Trinajstić information content (AvgIpc) is 3.20. The van der Waals surface area contributed by atoms with Crippen LogP contribution in [0.2, 0.25) is 0 Å². The molecule has 1 aromatic carbocycles. The third kappa shape index (κ3) is 3.70. The molecular weight excluding hydrogens is 326 g/mol. The lowest BCUT2D eigenvalue weighted by Gasteiger charge is -2.12. The van der Waals surface area contributed by atoms with E-state index in [9.17, 15) is 0 Å². The van der Waals surface area contributed by atoms with Crippen LogP contribution >= 0.6 is 0 Å². The highest BCUT2D eigenvalue weighted by Gasteiger charge is 2.23. The van der Waals surface area contributed by atoms with Crippen molar-refractivity contribution in [3.63, 3.8) is 0 Å². The summed E-state index contributed by atoms with van der Waals surface area (Å²) in [7, 11) is 0. The molecule has 0 spiro atoms. The Morgan fingerprint density at radius 2 is 1.85 bits per heavy atom. The fourth-order valence-electron chi connectivity index (χ4n) is 2.81. The molecular formula is C20H27N5O. The van der Waals surface area contributed by atoms with Gasteiger partial charge in [-0.3, -0.25) is 0 Å². The maximum Gasteiger partial charge on any atom is 0.243 e. The Kier molecular flexibility index (Phi) is 4.96. The van der Waals surface area contributed by atoms with E-state index in [0.717, 1.165) is 22.9 Å². The molecule has 1 unspecified atom stereocenters. The second-order valence-corrected chi connectivity index (χ2v) is 7.71. The predicted octanol–water partition coefficient (Wildman–Crippen LogP) is 4.02. The van der Waals surface area contributed by atoms with Crippen LogP contribution < -0.4 is 5.32 Å². The first kappa shape index (κ1) is 18.3. The summed E-state index contributed by atoms with van der Waals surface area (Å²) in [6.07, 6.45) is 0. The van der Waals surface area contributed by atoms with Crippen LogP contribution in [0.25, 0.3) is 5.69 Å². The molecule has 6 heteroatoms. The lowest BCUT2D eigenvalue weighted by atomic mass is 9.96. The highest BCUT2D eigenvalue weighted by Crippen LogP contribution is 2.22. The van der Waals surface area contributed by atoms with Gasteiger partial charge in [0, 0.05) is 23.2 Å². The predicted molar refractivity (Wildman–Crippen MR) is 101 cm³/mol. The van der Waals surface area contributed by atoms with E-state index >= 15 is 0 Å². The fraction of sp³-hybridized carbons (Fsp3) is 0.450. The number of aromatic nitrogens is 4. The van der Waals surface area contributed by atoms with Gasteiger partial charge < -0.3 is 9.84 Å². The molecule has 0 aliphatic carbocycles. The number of benzene rings is 1. The van der Waals surface area contributed by atoms with Crippen LogP contribution in [0.5, 0.6) is 0 Å². The van der Waals surface area contributed by atoms with E-state index in [1.165, 1.54) is 5.56 Å². The molecule has 0 saturated heterocycles. The van der Waals surface area contributed by atoms with E-state index in [1.807, 2.05) is 36.7 Å². The quantitative estimate of drug-likeness (QED) is 0.750. The van der Waals surface area contributed by atoms with Crippen molar-refractivity contribution in [2.75, 3.05) is 0 Å². The molecule has 0 fully saturated rings. The van der Waals surface area contributed by atoms with Crippen molar-refractivity contribution >= 4 is 0 Å². The van der Waals surface area contributed by atoms with Crippen molar-refractivity contribution in [3.05, 3.63) is 59.0 Å².